The Hall–Kier alpha value is -2.31. The molecule has 1 aromatic carbocycles. The van der Waals surface area contributed by atoms with Gasteiger partial charge in [-0.1, -0.05) is 35.9 Å². The van der Waals surface area contributed by atoms with Crippen molar-refractivity contribution in [2.45, 2.75) is 38.0 Å². The Bertz CT molecular complexity index is 693. The summed E-state index contributed by atoms with van der Waals surface area (Å²) < 4.78 is 26.8. The predicted octanol–water partition coefficient (Wildman–Crippen LogP) is 3.20. The number of carbonyl (C=O) groups excluding carboxylic acids is 1. The minimum atomic E-state index is -2.74. The van der Waals surface area contributed by atoms with Crippen molar-refractivity contribution in [3.05, 3.63) is 41.1 Å². The molecule has 0 bridgehead atoms. The SMILES string of the molecule is Cn1nnc(NC(=O)Cc2ccc(C3CCC3)cc2)c1C(F)F. The number of benzene rings is 1. The van der Waals surface area contributed by atoms with Crippen molar-refractivity contribution in [2.75, 3.05) is 5.32 Å². The van der Waals surface area contributed by atoms with Crippen molar-refractivity contribution >= 4 is 11.7 Å². The number of nitrogens with zero attached hydrogens (tertiary/aromatic N) is 3. The first-order valence-electron chi connectivity index (χ1n) is 7.61. The van der Waals surface area contributed by atoms with Crippen LogP contribution in [0.4, 0.5) is 14.6 Å². The van der Waals surface area contributed by atoms with Crippen molar-refractivity contribution in [3.8, 4) is 0 Å². The number of alkyl halides is 2. The normalized spacial score (nSPS) is 14.8. The van der Waals surface area contributed by atoms with Gasteiger partial charge in [0.05, 0.1) is 6.42 Å². The minimum absolute atomic E-state index is 0.115. The van der Waals surface area contributed by atoms with Crippen molar-refractivity contribution in [1.82, 2.24) is 15.0 Å². The molecule has 1 fully saturated rings. The van der Waals surface area contributed by atoms with Crippen molar-refractivity contribution in [3.63, 3.8) is 0 Å². The van der Waals surface area contributed by atoms with Gasteiger partial charge in [-0.2, -0.15) is 0 Å². The molecule has 1 saturated carbocycles. The topological polar surface area (TPSA) is 59.8 Å². The van der Waals surface area contributed by atoms with E-state index in [1.807, 2.05) is 24.3 Å². The average molecular weight is 320 g/mol. The maximum atomic E-state index is 12.9. The molecule has 0 spiro atoms. The van der Waals surface area contributed by atoms with Crippen LogP contribution in [0.15, 0.2) is 24.3 Å². The molecule has 23 heavy (non-hydrogen) atoms. The van der Waals surface area contributed by atoms with Crippen LogP contribution in [0.2, 0.25) is 0 Å². The molecule has 1 aliphatic rings. The lowest BCUT2D eigenvalue weighted by molar-refractivity contribution is -0.115. The fourth-order valence-corrected chi connectivity index (χ4v) is 2.71. The summed E-state index contributed by atoms with van der Waals surface area (Å²) >= 11 is 0. The summed E-state index contributed by atoms with van der Waals surface area (Å²) in [6, 6.07) is 7.91. The van der Waals surface area contributed by atoms with Crippen LogP contribution in [0.3, 0.4) is 0 Å². The third kappa shape index (κ3) is 3.38. The molecule has 5 nitrogen and oxygen atoms in total. The van der Waals surface area contributed by atoms with E-state index in [4.69, 9.17) is 0 Å². The summed E-state index contributed by atoms with van der Waals surface area (Å²) in [4.78, 5) is 12.0. The minimum Gasteiger partial charge on any atom is -0.307 e. The zero-order valence-corrected chi connectivity index (χ0v) is 12.8. The van der Waals surface area contributed by atoms with Gasteiger partial charge in [0.1, 0.15) is 5.69 Å². The molecule has 2 aromatic rings. The van der Waals surface area contributed by atoms with E-state index in [0.717, 1.165) is 10.2 Å². The lowest BCUT2D eigenvalue weighted by Crippen LogP contribution is -2.16. The van der Waals surface area contributed by atoms with Crippen LogP contribution >= 0.6 is 0 Å². The zero-order chi connectivity index (χ0) is 16.4. The van der Waals surface area contributed by atoms with Gasteiger partial charge in [-0.15, -0.1) is 5.10 Å². The van der Waals surface area contributed by atoms with Crippen LogP contribution in [0, 0.1) is 0 Å². The van der Waals surface area contributed by atoms with Crippen LogP contribution in [-0.2, 0) is 18.3 Å². The Morgan fingerprint density at radius 2 is 2.04 bits per heavy atom. The van der Waals surface area contributed by atoms with Crippen LogP contribution in [-0.4, -0.2) is 20.9 Å². The molecule has 0 radical (unpaired) electrons. The fourth-order valence-electron chi connectivity index (χ4n) is 2.71. The van der Waals surface area contributed by atoms with Gasteiger partial charge < -0.3 is 5.32 Å². The van der Waals surface area contributed by atoms with E-state index in [2.05, 4.69) is 15.6 Å². The summed E-state index contributed by atoms with van der Waals surface area (Å²) in [6.45, 7) is 0. The number of aromatic nitrogens is 3. The quantitative estimate of drug-likeness (QED) is 0.920. The lowest BCUT2D eigenvalue weighted by atomic mass is 9.80. The van der Waals surface area contributed by atoms with E-state index in [9.17, 15) is 13.6 Å². The molecule has 1 amide bonds. The summed E-state index contributed by atoms with van der Waals surface area (Å²) in [5, 5.41) is 9.50. The number of rotatable bonds is 5. The first kappa shape index (κ1) is 15.6. The highest BCUT2D eigenvalue weighted by atomic mass is 19.3. The number of hydrogen-bond donors (Lipinski definition) is 1. The maximum absolute atomic E-state index is 12.9. The standard InChI is InChI=1S/C16H18F2N4O/c1-22-14(15(17)18)16(20-21-22)19-13(23)9-10-5-7-12(8-6-10)11-3-2-4-11/h5-8,11,15H,2-4,9H2,1H3,(H,19,23). The second kappa shape index (κ2) is 6.44. The number of halogens is 2. The number of nitrogens with one attached hydrogen (secondary N) is 1. The predicted molar refractivity (Wildman–Crippen MR) is 81.3 cm³/mol. The van der Waals surface area contributed by atoms with Crippen molar-refractivity contribution in [2.24, 2.45) is 7.05 Å². The van der Waals surface area contributed by atoms with Gasteiger partial charge >= 0.3 is 0 Å². The zero-order valence-electron chi connectivity index (χ0n) is 12.8. The molecule has 0 saturated heterocycles. The van der Waals surface area contributed by atoms with E-state index >= 15 is 0 Å². The van der Waals surface area contributed by atoms with Gasteiger partial charge in [-0.25, -0.2) is 13.5 Å². The van der Waals surface area contributed by atoms with E-state index in [1.165, 1.54) is 31.9 Å². The number of aryl methyl sites for hydroxylation is 1. The van der Waals surface area contributed by atoms with E-state index in [0.29, 0.717) is 5.92 Å². The van der Waals surface area contributed by atoms with Gasteiger partial charge in [0.25, 0.3) is 6.43 Å². The third-order valence-corrected chi connectivity index (χ3v) is 4.26. The molecule has 0 unspecified atom stereocenters. The van der Waals surface area contributed by atoms with Crippen molar-refractivity contribution in [1.29, 1.82) is 0 Å². The Morgan fingerprint density at radius 1 is 1.35 bits per heavy atom. The highest BCUT2D eigenvalue weighted by molar-refractivity contribution is 5.91. The Morgan fingerprint density at radius 3 is 2.61 bits per heavy atom. The average Bonchev–Trinajstić information content (AvgIpc) is 2.80. The number of carbonyl (C=O) groups is 1. The van der Waals surface area contributed by atoms with Gasteiger partial charge in [0.2, 0.25) is 5.91 Å². The summed E-state index contributed by atoms with van der Waals surface area (Å²) in [6.07, 6.45) is 1.10. The summed E-state index contributed by atoms with van der Waals surface area (Å²) in [7, 11) is 1.36. The second-order valence-electron chi connectivity index (χ2n) is 5.84. The molecule has 1 heterocycles. The molecule has 0 atom stereocenters. The summed E-state index contributed by atoms with van der Waals surface area (Å²) in [5.74, 6) is 0.0773. The van der Waals surface area contributed by atoms with Crippen LogP contribution in [0.5, 0.6) is 0 Å². The Kier molecular flexibility index (Phi) is 4.36. The molecule has 122 valence electrons. The Balaban J connectivity index is 1.63. The smallest absolute Gasteiger partial charge is 0.283 e. The van der Waals surface area contributed by atoms with E-state index in [1.54, 1.807) is 0 Å². The third-order valence-electron chi connectivity index (χ3n) is 4.26. The molecule has 3 rings (SSSR count). The molecule has 1 N–H and O–H groups in total. The monoisotopic (exact) mass is 320 g/mol. The fraction of sp³-hybridized carbons (Fsp3) is 0.438. The molecule has 1 aromatic heterocycles. The van der Waals surface area contributed by atoms with Crippen LogP contribution in [0.1, 0.15) is 48.4 Å². The first-order valence-corrected chi connectivity index (χ1v) is 7.61. The van der Waals surface area contributed by atoms with Crippen LogP contribution < -0.4 is 5.32 Å². The first-order chi connectivity index (χ1) is 11.0. The van der Waals surface area contributed by atoms with Gasteiger partial charge in [-0.3, -0.25) is 4.79 Å². The Labute approximate surface area is 132 Å². The van der Waals surface area contributed by atoms with Crippen molar-refractivity contribution < 1.29 is 13.6 Å². The number of amides is 1. The largest absolute Gasteiger partial charge is 0.307 e. The second-order valence-corrected chi connectivity index (χ2v) is 5.84. The lowest BCUT2D eigenvalue weighted by Gasteiger charge is -2.25. The molecule has 0 aliphatic heterocycles. The number of hydrogen-bond acceptors (Lipinski definition) is 3. The highest BCUT2D eigenvalue weighted by Crippen LogP contribution is 2.36. The van der Waals surface area contributed by atoms with E-state index in [-0.39, 0.29) is 18.1 Å². The molecular weight excluding hydrogens is 302 g/mol. The summed E-state index contributed by atoms with van der Waals surface area (Å²) in [5.41, 5.74) is 1.75. The van der Waals surface area contributed by atoms with Gasteiger partial charge in [0, 0.05) is 7.05 Å². The van der Waals surface area contributed by atoms with Crippen LogP contribution in [0.25, 0.3) is 0 Å². The molecule has 1 aliphatic carbocycles. The van der Waals surface area contributed by atoms with Gasteiger partial charge in [-0.05, 0) is 29.9 Å². The number of anilines is 1. The van der Waals surface area contributed by atoms with E-state index < -0.39 is 12.1 Å². The maximum Gasteiger partial charge on any atom is 0.283 e. The highest BCUT2D eigenvalue weighted by Gasteiger charge is 2.22. The van der Waals surface area contributed by atoms with Gasteiger partial charge in [0.15, 0.2) is 5.82 Å². The molecular formula is C16H18F2N4O. The molecule has 7 heteroatoms.